The third kappa shape index (κ3) is 3.61. The zero-order valence-corrected chi connectivity index (χ0v) is 14.5. The Kier molecular flexibility index (Phi) is 4.56. The molecule has 1 fully saturated rings. The van der Waals surface area contributed by atoms with Crippen LogP contribution in [0.5, 0.6) is 0 Å². The molecule has 7 heteroatoms. The highest BCUT2D eigenvalue weighted by Crippen LogP contribution is 2.25. The first kappa shape index (κ1) is 16.0. The largest absolute Gasteiger partial charge is 0.338 e. The molecule has 3 heterocycles. The summed E-state index contributed by atoms with van der Waals surface area (Å²) in [4.78, 5) is 7.11. The van der Waals surface area contributed by atoms with Gasteiger partial charge in [-0.25, -0.2) is 4.98 Å². The summed E-state index contributed by atoms with van der Waals surface area (Å²) in [5.74, 6) is 2.41. The van der Waals surface area contributed by atoms with Crippen molar-refractivity contribution in [2.75, 3.05) is 19.6 Å². The molecule has 0 aliphatic carbocycles. The molecule has 0 saturated carbocycles. The first-order valence-electron chi connectivity index (χ1n) is 8.82. The van der Waals surface area contributed by atoms with Gasteiger partial charge in [0.25, 0.3) is 0 Å². The minimum absolute atomic E-state index is 0.550. The van der Waals surface area contributed by atoms with Gasteiger partial charge in [0.05, 0.1) is 0 Å². The van der Waals surface area contributed by atoms with Gasteiger partial charge in [0.2, 0.25) is 5.82 Å². The Morgan fingerprint density at radius 1 is 1.24 bits per heavy atom. The molecule has 1 aromatic carbocycles. The fraction of sp³-hybridized carbons (Fsp3) is 0.444. The number of benzene rings is 1. The third-order valence-corrected chi connectivity index (χ3v) is 5.00. The molecule has 7 nitrogen and oxygen atoms in total. The summed E-state index contributed by atoms with van der Waals surface area (Å²) in [5.41, 5.74) is 2.33. The summed E-state index contributed by atoms with van der Waals surface area (Å²) in [5, 5.41) is 14.1. The van der Waals surface area contributed by atoms with E-state index in [2.05, 4.69) is 66.4 Å². The number of hydrogen-bond acceptors (Lipinski definition) is 5. The summed E-state index contributed by atoms with van der Waals surface area (Å²) in [6.45, 7) is 3.37. The summed E-state index contributed by atoms with van der Waals surface area (Å²) in [6, 6.07) is 8.44. The fourth-order valence-electron chi connectivity index (χ4n) is 3.63. The topological polar surface area (TPSA) is 75.5 Å². The van der Waals surface area contributed by atoms with Gasteiger partial charge in [-0.1, -0.05) is 24.3 Å². The lowest BCUT2D eigenvalue weighted by molar-refractivity contribution is 0.205. The fourth-order valence-corrected chi connectivity index (χ4v) is 3.63. The summed E-state index contributed by atoms with van der Waals surface area (Å²) in [6.07, 6.45) is 7.48. The highest BCUT2D eigenvalue weighted by Gasteiger charge is 2.23. The molecule has 1 aliphatic rings. The van der Waals surface area contributed by atoms with Gasteiger partial charge in [-0.05, 0) is 36.6 Å². The predicted octanol–water partition coefficient (Wildman–Crippen LogP) is 2.02. The summed E-state index contributed by atoms with van der Waals surface area (Å²) < 4.78 is 2.16. The third-order valence-electron chi connectivity index (χ3n) is 5.00. The summed E-state index contributed by atoms with van der Waals surface area (Å²) in [7, 11) is 2.09. The van der Waals surface area contributed by atoms with Gasteiger partial charge >= 0.3 is 0 Å². The molecule has 0 radical (unpaired) electrons. The molecule has 3 aromatic rings. The second-order valence-corrected chi connectivity index (χ2v) is 6.72. The van der Waals surface area contributed by atoms with Crippen molar-refractivity contribution in [2.45, 2.75) is 25.2 Å². The molecule has 1 saturated heterocycles. The van der Waals surface area contributed by atoms with E-state index in [9.17, 15) is 0 Å². The van der Waals surface area contributed by atoms with Crippen molar-refractivity contribution in [3.05, 3.63) is 48.0 Å². The van der Waals surface area contributed by atoms with Crippen LogP contribution in [0.25, 0.3) is 11.4 Å². The SMILES string of the molecule is Cn1ccnc1C1CCCN(CCc2ccc(-c3nn[nH]n3)cc2)C1. The van der Waals surface area contributed by atoms with Crippen molar-refractivity contribution in [1.29, 1.82) is 0 Å². The van der Waals surface area contributed by atoms with Crippen LogP contribution in [0.2, 0.25) is 0 Å². The number of hydrogen-bond donors (Lipinski definition) is 1. The Hall–Kier alpha value is -2.54. The maximum atomic E-state index is 4.54. The normalized spacial score (nSPS) is 18.5. The molecule has 0 spiro atoms. The van der Waals surface area contributed by atoms with E-state index in [0.29, 0.717) is 11.7 Å². The van der Waals surface area contributed by atoms with Crippen molar-refractivity contribution in [2.24, 2.45) is 7.05 Å². The van der Waals surface area contributed by atoms with Crippen LogP contribution in [-0.2, 0) is 13.5 Å². The summed E-state index contributed by atoms with van der Waals surface area (Å²) >= 11 is 0. The Morgan fingerprint density at radius 2 is 2.12 bits per heavy atom. The quantitative estimate of drug-likeness (QED) is 0.771. The first-order valence-corrected chi connectivity index (χ1v) is 8.82. The number of likely N-dealkylation sites (tertiary alicyclic amines) is 1. The Balaban J connectivity index is 1.34. The van der Waals surface area contributed by atoms with Crippen LogP contribution in [-0.4, -0.2) is 54.7 Å². The Bertz CT molecular complexity index is 791. The average Bonchev–Trinajstić information content (AvgIpc) is 3.32. The van der Waals surface area contributed by atoms with Gasteiger partial charge in [0.1, 0.15) is 5.82 Å². The first-order chi connectivity index (χ1) is 12.3. The van der Waals surface area contributed by atoms with Crippen molar-refractivity contribution in [3.63, 3.8) is 0 Å². The molecule has 4 rings (SSSR count). The lowest BCUT2D eigenvalue weighted by Crippen LogP contribution is -2.36. The average molecular weight is 337 g/mol. The number of aryl methyl sites for hydroxylation is 1. The van der Waals surface area contributed by atoms with Gasteiger partial charge in [-0.15, -0.1) is 10.2 Å². The van der Waals surface area contributed by atoms with Crippen molar-refractivity contribution in [3.8, 4) is 11.4 Å². The van der Waals surface area contributed by atoms with Crippen LogP contribution in [0.4, 0.5) is 0 Å². The molecule has 1 unspecified atom stereocenters. The monoisotopic (exact) mass is 337 g/mol. The highest BCUT2D eigenvalue weighted by atomic mass is 15.5. The van der Waals surface area contributed by atoms with E-state index < -0.39 is 0 Å². The number of imidazole rings is 1. The van der Waals surface area contributed by atoms with E-state index in [1.807, 2.05) is 12.4 Å². The van der Waals surface area contributed by atoms with E-state index in [1.165, 1.54) is 30.8 Å². The maximum Gasteiger partial charge on any atom is 0.204 e. The van der Waals surface area contributed by atoms with Crippen LogP contribution in [0, 0.1) is 0 Å². The molecule has 2 aromatic heterocycles. The van der Waals surface area contributed by atoms with Crippen LogP contribution < -0.4 is 0 Å². The van der Waals surface area contributed by atoms with Gasteiger partial charge in [-0.2, -0.15) is 5.21 Å². The highest BCUT2D eigenvalue weighted by molar-refractivity contribution is 5.54. The van der Waals surface area contributed by atoms with Gasteiger partial charge in [0, 0.05) is 44.0 Å². The Labute approximate surface area is 147 Å². The van der Waals surface area contributed by atoms with Gasteiger partial charge in [-0.3, -0.25) is 0 Å². The maximum absolute atomic E-state index is 4.54. The molecule has 0 bridgehead atoms. The molecular formula is C18H23N7. The van der Waals surface area contributed by atoms with Gasteiger partial charge < -0.3 is 9.47 Å². The zero-order valence-electron chi connectivity index (χ0n) is 14.5. The van der Waals surface area contributed by atoms with Crippen LogP contribution >= 0.6 is 0 Å². The lowest BCUT2D eigenvalue weighted by atomic mass is 9.96. The standard InChI is InChI=1S/C18H23N7/c1-24-12-9-19-18(24)16-3-2-10-25(13-16)11-8-14-4-6-15(7-5-14)17-20-22-23-21-17/h4-7,9,12,16H,2-3,8,10-11,13H2,1H3,(H,20,21,22,23). The number of tetrazole rings is 1. The van der Waals surface area contributed by atoms with Crippen molar-refractivity contribution < 1.29 is 0 Å². The molecule has 1 aliphatic heterocycles. The minimum Gasteiger partial charge on any atom is -0.338 e. The molecule has 130 valence electrons. The van der Waals surface area contributed by atoms with E-state index in [0.717, 1.165) is 25.1 Å². The number of nitrogens with zero attached hydrogens (tertiary/aromatic N) is 6. The second kappa shape index (κ2) is 7.14. The molecular weight excluding hydrogens is 314 g/mol. The van der Waals surface area contributed by atoms with Gasteiger partial charge in [0.15, 0.2) is 0 Å². The van der Waals surface area contributed by atoms with Crippen LogP contribution in [0.3, 0.4) is 0 Å². The minimum atomic E-state index is 0.550. The number of rotatable bonds is 5. The number of nitrogens with one attached hydrogen (secondary N) is 1. The van der Waals surface area contributed by atoms with Crippen LogP contribution in [0.1, 0.15) is 30.1 Å². The Morgan fingerprint density at radius 3 is 2.84 bits per heavy atom. The van der Waals surface area contributed by atoms with E-state index >= 15 is 0 Å². The molecule has 25 heavy (non-hydrogen) atoms. The van der Waals surface area contributed by atoms with E-state index in [4.69, 9.17) is 0 Å². The number of H-pyrrole nitrogens is 1. The smallest absolute Gasteiger partial charge is 0.204 e. The van der Waals surface area contributed by atoms with Crippen molar-refractivity contribution >= 4 is 0 Å². The lowest BCUT2D eigenvalue weighted by Gasteiger charge is -2.32. The number of aromatic amines is 1. The molecule has 0 amide bonds. The van der Waals surface area contributed by atoms with Crippen LogP contribution in [0.15, 0.2) is 36.7 Å². The number of aromatic nitrogens is 6. The second-order valence-electron chi connectivity index (χ2n) is 6.72. The van der Waals surface area contributed by atoms with E-state index in [1.54, 1.807) is 0 Å². The molecule has 1 atom stereocenters. The van der Waals surface area contributed by atoms with Crippen molar-refractivity contribution in [1.82, 2.24) is 35.1 Å². The number of piperidine rings is 1. The molecule has 1 N–H and O–H groups in total. The predicted molar refractivity (Wildman–Crippen MR) is 94.9 cm³/mol. The zero-order chi connectivity index (χ0) is 17.1. The van der Waals surface area contributed by atoms with E-state index in [-0.39, 0.29) is 0 Å².